The Bertz CT molecular complexity index is 1250. The number of nitrogens with zero attached hydrogens (tertiary/aromatic N) is 2. The molecule has 1 aliphatic heterocycles. The standard InChI is InChI=1S/C26H27F4N5O2/c27-20-8-2-7-19(22(20)26(28,29)30)15-37-25-23(31)34-14-21(35-25)17-5-1-6-18(12-17)24(36)33-10-3-4-16-9-11-32-13-16/h1-2,5-8,12,14,16,32H,3-4,9-11,13,15H2,(H2,31,34)(H,33,36). The largest absolute Gasteiger partial charge is 0.470 e. The van der Waals surface area contributed by atoms with Crippen molar-refractivity contribution in [3.63, 3.8) is 0 Å². The van der Waals surface area contributed by atoms with Gasteiger partial charge in [-0.3, -0.25) is 4.79 Å². The maximum absolute atomic E-state index is 13.8. The molecule has 1 aliphatic rings. The molecule has 0 saturated carbocycles. The Labute approximate surface area is 211 Å². The summed E-state index contributed by atoms with van der Waals surface area (Å²) >= 11 is 0. The van der Waals surface area contributed by atoms with Gasteiger partial charge in [0.15, 0.2) is 5.82 Å². The van der Waals surface area contributed by atoms with Gasteiger partial charge < -0.3 is 21.1 Å². The number of aromatic nitrogens is 2. The van der Waals surface area contributed by atoms with E-state index in [1.807, 2.05) is 0 Å². The predicted molar refractivity (Wildman–Crippen MR) is 130 cm³/mol. The molecule has 4 N–H and O–H groups in total. The maximum Gasteiger partial charge on any atom is 0.419 e. The zero-order chi connectivity index (χ0) is 26.4. The van der Waals surface area contributed by atoms with Gasteiger partial charge in [-0.15, -0.1) is 0 Å². The number of benzene rings is 2. The van der Waals surface area contributed by atoms with Crippen LogP contribution in [0.5, 0.6) is 5.88 Å². The van der Waals surface area contributed by atoms with Crippen molar-refractivity contribution in [1.82, 2.24) is 20.6 Å². The highest BCUT2D eigenvalue weighted by atomic mass is 19.4. The van der Waals surface area contributed by atoms with Gasteiger partial charge in [0.25, 0.3) is 11.8 Å². The summed E-state index contributed by atoms with van der Waals surface area (Å²) in [7, 11) is 0. The van der Waals surface area contributed by atoms with E-state index in [1.54, 1.807) is 24.3 Å². The van der Waals surface area contributed by atoms with Gasteiger partial charge >= 0.3 is 6.18 Å². The Balaban J connectivity index is 1.43. The lowest BCUT2D eigenvalue weighted by molar-refractivity contribution is -0.141. The first-order valence-corrected chi connectivity index (χ1v) is 11.9. The average Bonchev–Trinajstić information content (AvgIpc) is 3.39. The van der Waals surface area contributed by atoms with Crippen LogP contribution >= 0.6 is 0 Å². The van der Waals surface area contributed by atoms with Crippen LogP contribution in [0.2, 0.25) is 0 Å². The number of hydrogen-bond donors (Lipinski definition) is 3. The lowest BCUT2D eigenvalue weighted by Crippen LogP contribution is -2.25. The van der Waals surface area contributed by atoms with Crippen LogP contribution in [-0.2, 0) is 12.8 Å². The molecule has 1 unspecified atom stereocenters. The highest BCUT2D eigenvalue weighted by molar-refractivity contribution is 5.95. The number of nitrogens with one attached hydrogen (secondary N) is 2. The molecule has 2 aromatic carbocycles. The van der Waals surface area contributed by atoms with E-state index in [1.165, 1.54) is 6.20 Å². The summed E-state index contributed by atoms with van der Waals surface area (Å²) in [5.41, 5.74) is 5.29. The van der Waals surface area contributed by atoms with Crippen LogP contribution < -0.4 is 21.1 Å². The van der Waals surface area contributed by atoms with Crippen molar-refractivity contribution in [3.8, 4) is 17.1 Å². The Hall–Kier alpha value is -3.73. The van der Waals surface area contributed by atoms with Gasteiger partial charge in [-0.05, 0) is 56.5 Å². The monoisotopic (exact) mass is 517 g/mol. The fourth-order valence-corrected chi connectivity index (χ4v) is 4.25. The number of carbonyl (C=O) groups excluding carboxylic acids is 1. The number of rotatable bonds is 9. The molecule has 1 atom stereocenters. The number of halogens is 4. The van der Waals surface area contributed by atoms with Crippen LogP contribution in [-0.4, -0.2) is 35.5 Å². The van der Waals surface area contributed by atoms with Crippen molar-refractivity contribution in [2.24, 2.45) is 5.92 Å². The van der Waals surface area contributed by atoms with Gasteiger partial charge in [0.1, 0.15) is 12.4 Å². The van der Waals surface area contributed by atoms with E-state index in [0.717, 1.165) is 50.6 Å². The third-order valence-electron chi connectivity index (χ3n) is 6.17. The number of nitrogens with two attached hydrogens (primary N) is 1. The summed E-state index contributed by atoms with van der Waals surface area (Å²) in [4.78, 5) is 20.9. The number of anilines is 1. The van der Waals surface area contributed by atoms with Crippen LogP contribution in [0.4, 0.5) is 23.4 Å². The summed E-state index contributed by atoms with van der Waals surface area (Å²) in [5, 5.41) is 6.25. The summed E-state index contributed by atoms with van der Waals surface area (Å²) in [5.74, 6) is -1.31. The van der Waals surface area contributed by atoms with E-state index in [2.05, 4.69) is 20.6 Å². The van der Waals surface area contributed by atoms with Gasteiger partial charge in [-0.1, -0.05) is 24.3 Å². The number of amides is 1. The molecule has 3 aromatic rings. The molecule has 7 nitrogen and oxygen atoms in total. The van der Waals surface area contributed by atoms with Crippen LogP contribution in [0.3, 0.4) is 0 Å². The van der Waals surface area contributed by atoms with Crippen LogP contribution in [0, 0.1) is 11.7 Å². The molecule has 1 amide bonds. The minimum atomic E-state index is -4.89. The van der Waals surface area contributed by atoms with Crippen LogP contribution in [0.1, 0.15) is 40.7 Å². The number of alkyl halides is 3. The van der Waals surface area contributed by atoms with E-state index in [-0.39, 0.29) is 17.6 Å². The summed E-state index contributed by atoms with van der Waals surface area (Å²) in [6.45, 7) is 2.02. The van der Waals surface area contributed by atoms with E-state index in [9.17, 15) is 22.4 Å². The summed E-state index contributed by atoms with van der Waals surface area (Å²) in [6.07, 6.45) is -0.410. The first-order chi connectivity index (χ1) is 17.7. The molecule has 4 rings (SSSR count). The van der Waals surface area contributed by atoms with Gasteiger partial charge in [0, 0.05) is 23.2 Å². The third-order valence-corrected chi connectivity index (χ3v) is 6.17. The van der Waals surface area contributed by atoms with Gasteiger partial charge in [0.05, 0.1) is 17.5 Å². The number of hydrogen-bond acceptors (Lipinski definition) is 6. The van der Waals surface area contributed by atoms with Crippen molar-refractivity contribution in [2.45, 2.75) is 32.0 Å². The molecule has 0 radical (unpaired) electrons. The number of carbonyl (C=O) groups is 1. The van der Waals surface area contributed by atoms with E-state index in [4.69, 9.17) is 10.5 Å². The van der Waals surface area contributed by atoms with Gasteiger partial charge in [-0.25, -0.2) is 14.4 Å². The lowest BCUT2D eigenvalue weighted by atomic mass is 10.0. The van der Waals surface area contributed by atoms with E-state index >= 15 is 0 Å². The molecule has 1 saturated heterocycles. The first-order valence-electron chi connectivity index (χ1n) is 11.9. The Morgan fingerprint density at radius 3 is 2.78 bits per heavy atom. The Morgan fingerprint density at radius 2 is 2.03 bits per heavy atom. The Kier molecular flexibility index (Phi) is 8.22. The Morgan fingerprint density at radius 1 is 1.22 bits per heavy atom. The van der Waals surface area contributed by atoms with Crippen LogP contribution in [0.15, 0.2) is 48.7 Å². The highest BCUT2D eigenvalue weighted by Gasteiger charge is 2.36. The SMILES string of the molecule is Nc1ncc(-c2cccc(C(=O)NCCCC3CCNC3)c2)nc1OCc1cccc(F)c1C(F)(F)F. The number of nitrogen functional groups attached to an aromatic ring is 1. The van der Waals surface area contributed by atoms with Gasteiger partial charge in [0.2, 0.25) is 0 Å². The highest BCUT2D eigenvalue weighted by Crippen LogP contribution is 2.35. The van der Waals surface area contributed by atoms with Crippen molar-refractivity contribution in [1.29, 1.82) is 0 Å². The third kappa shape index (κ3) is 6.73. The van der Waals surface area contributed by atoms with E-state index in [0.29, 0.717) is 29.3 Å². The van der Waals surface area contributed by atoms with Gasteiger partial charge in [-0.2, -0.15) is 13.2 Å². The molecule has 196 valence electrons. The molecule has 11 heteroatoms. The second kappa shape index (κ2) is 11.5. The average molecular weight is 518 g/mol. The fraction of sp³-hybridized carbons (Fsp3) is 0.346. The fourth-order valence-electron chi connectivity index (χ4n) is 4.25. The molecular weight excluding hydrogens is 490 g/mol. The zero-order valence-corrected chi connectivity index (χ0v) is 19.9. The molecule has 0 aliphatic carbocycles. The summed E-state index contributed by atoms with van der Waals surface area (Å²) < 4.78 is 59.1. The second-order valence-electron chi connectivity index (χ2n) is 8.84. The number of ether oxygens (including phenoxy) is 1. The predicted octanol–water partition coefficient (Wildman–Crippen LogP) is 4.58. The van der Waals surface area contributed by atoms with Crippen LogP contribution in [0.25, 0.3) is 11.3 Å². The summed E-state index contributed by atoms with van der Waals surface area (Å²) in [6, 6.07) is 9.72. The molecule has 1 fully saturated rings. The normalized spacial score (nSPS) is 15.5. The molecule has 0 spiro atoms. The zero-order valence-electron chi connectivity index (χ0n) is 19.9. The quantitative estimate of drug-likeness (QED) is 0.284. The van der Waals surface area contributed by atoms with Crippen molar-refractivity contribution < 1.29 is 27.1 Å². The molecule has 37 heavy (non-hydrogen) atoms. The molecule has 2 heterocycles. The van der Waals surface area contributed by atoms with Crippen molar-refractivity contribution >= 4 is 11.7 Å². The van der Waals surface area contributed by atoms with E-state index < -0.39 is 29.7 Å². The molecular formula is C26H27F4N5O2. The molecule has 0 bridgehead atoms. The maximum atomic E-state index is 13.8. The first kappa shape index (κ1) is 26.3. The van der Waals surface area contributed by atoms with Crippen molar-refractivity contribution in [3.05, 3.63) is 71.2 Å². The lowest BCUT2D eigenvalue weighted by Gasteiger charge is -2.15. The minimum Gasteiger partial charge on any atom is -0.470 e. The smallest absolute Gasteiger partial charge is 0.419 e. The second-order valence-corrected chi connectivity index (χ2v) is 8.84. The molecule has 1 aromatic heterocycles. The van der Waals surface area contributed by atoms with Crippen molar-refractivity contribution in [2.75, 3.05) is 25.4 Å². The minimum absolute atomic E-state index is 0.139. The topological polar surface area (TPSA) is 102 Å².